The van der Waals surface area contributed by atoms with Gasteiger partial charge >= 0.3 is 0 Å². The molecule has 0 bridgehead atoms. The average Bonchev–Trinajstić information content (AvgIpc) is 1.68. The van der Waals surface area contributed by atoms with Crippen LogP contribution in [0.1, 0.15) is 28.0 Å². The molecule has 1 nitrogen and oxygen atoms in total. The van der Waals surface area contributed by atoms with Crippen LogP contribution >= 0.6 is 0 Å². The third-order valence-corrected chi connectivity index (χ3v) is 0.673. The molecule has 0 saturated heterocycles. The van der Waals surface area contributed by atoms with Gasteiger partial charge in [0.2, 0.25) is 0 Å². The van der Waals surface area contributed by atoms with Crippen LogP contribution in [0.15, 0.2) is 0 Å². The molecule has 0 aliphatic heterocycles. The Bertz CT molecular complexity index is 61.1. The number of hydrogen-bond acceptors (Lipinski definition) is 1. The molecule has 0 saturated carbocycles. The second-order valence-electron chi connectivity index (χ2n) is 1.14. The molecule has 0 aliphatic carbocycles. The molecule has 0 fully saturated rings. The van der Waals surface area contributed by atoms with Crippen molar-refractivity contribution in [3.05, 3.63) is 0 Å². The van der Waals surface area contributed by atoms with Crippen molar-refractivity contribution in [3.8, 4) is 0 Å². The number of rotatable bonds is 2. The van der Waals surface area contributed by atoms with Crippen molar-refractivity contribution >= 4 is 5.78 Å². The fourth-order valence-electron chi connectivity index (χ4n) is 0.177. The first-order valence-corrected chi connectivity index (χ1v) is 2.12. The minimum Gasteiger partial charge on any atom is -0.300 e. The van der Waals surface area contributed by atoms with Crippen LogP contribution < -0.4 is 0 Å². The second kappa shape index (κ2) is 2.88. The van der Waals surface area contributed by atoms with Crippen molar-refractivity contribution in [1.82, 2.24) is 0 Å². The van der Waals surface area contributed by atoms with Crippen molar-refractivity contribution < 1.29 is 6.17 Å². The van der Waals surface area contributed by atoms with E-state index in [4.69, 9.17) is 1.37 Å². The Kier molecular flexibility index (Phi) is 1.85. The van der Waals surface area contributed by atoms with Gasteiger partial charge in [-0.15, -0.1) is 0 Å². The fraction of sp³-hybridized carbons (Fsp3) is 0.800. The summed E-state index contributed by atoms with van der Waals surface area (Å²) in [7, 11) is 0. The highest BCUT2D eigenvalue weighted by Crippen LogP contribution is 1.82. The summed E-state index contributed by atoms with van der Waals surface area (Å²) >= 11 is 0. The molecule has 0 unspecified atom stereocenters. The van der Waals surface area contributed by atoms with E-state index in [0.717, 1.165) is 0 Å². The quantitative estimate of drug-likeness (QED) is 0.497. The highest BCUT2D eigenvalue weighted by molar-refractivity contribution is 5.77. The topological polar surface area (TPSA) is 17.1 Å². The first kappa shape index (κ1) is 3.85. The number of carbonyl (C=O) groups excluding carboxylic acids is 1. The summed E-state index contributed by atoms with van der Waals surface area (Å²) in [5, 5.41) is 0. The summed E-state index contributed by atoms with van der Waals surface area (Å²) < 4.78 is 6.62. The Labute approximate surface area is 39.8 Å². The van der Waals surface area contributed by atoms with Gasteiger partial charge in [0.1, 0.15) is 5.78 Å². The molecule has 0 rings (SSSR count). The summed E-state index contributed by atoms with van der Waals surface area (Å²) in [5.74, 6) is 0.190. The molecule has 0 aromatic heterocycles. The molecule has 0 heterocycles. The first-order chi connectivity index (χ1) is 3.31. The lowest BCUT2D eigenvalue weighted by Gasteiger charge is -1.81. The average molecular weight is 87.1 g/mol. The van der Waals surface area contributed by atoms with Gasteiger partial charge in [-0.05, 0) is 0 Å². The van der Waals surface area contributed by atoms with Crippen LogP contribution in [0.3, 0.4) is 0 Å². The lowest BCUT2D eigenvalue weighted by atomic mass is 10.3. The smallest absolute Gasteiger partial charge is 0.132 e. The molecule has 0 N–H and O–H groups in total. The van der Waals surface area contributed by atoms with Gasteiger partial charge in [-0.3, -0.25) is 4.79 Å². The van der Waals surface area contributed by atoms with Crippen LogP contribution in [-0.4, -0.2) is 5.78 Å². The van der Waals surface area contributed by atoms with Gasteiger partial charge < -0.3 is 0 Å². The van der Waals surface area contributed by atoms with E-state index in [2.05, 4.69) is 0 Å². The van der Waals surface area contributed by atoms with Gasteiger partial charge in [0.05, 0.1) is 0 Å². The van der Waals surface area contributed by atoms with E-state index in [1.54, 1.807) is 0 Å². The fourth-order valence-corrected chi connectivity index (χ4v) is 0.177. The van der Waals surface area contributed by atoms with Gasteiger partial charge in [-0.1, -0.05) is 13.8 Å². The number of carbonyl (C=O) groups is 1. The number of ketones is 1. The zero-order valence-electron chi connectivity index (χ0n) is 5.03. The predicted octanol–water partition coefficient (Wildman–Crippen LogP) is 1.38. The largest absolute Gasteiger partial charge is 0.300 e. The molecular weight excluding hydrogens is 76.1 g/mol. The Balaban J connectivity index is 3.00. The van der Waals surface area contributed by atoms with Crippen LogP contribution in [0, 0.1) is 0 Å². The van der Waals surface area contributed by atoms with Crippen LogP contribution in [0.25, 0.3) is 0 Å². The van der Waals surface area contributed by atoms with Crippen molar-refractivity contribution in [2.24, 2.45) is 0 Å². The van der Waals surface area contributed by atoms with E-state index < -0.39 is 0 Å². The molecule has 0 aromatic rings. The molecule has 0 spiro atoms. The molecule has 0 atom stereocenters. The van der Waals surface area contributed by atoms with E-state index in [0.29, 0.717) is 12.8 Å². The summed E-state index contributed by atoms with van der Waals surface area (Å²) in [5.41, 5.74) is 0. The maximum atomic E-state index is 10.3. The Hall–Kier alpha value is -0.330. The lowest BCUT2D eigenvalue weighted by molar-refractivity contribution is -0.118. The molecule has 6 heavy (non-hydrogen) atoms. The highest BCUT2D eigenvalue weighted by atomic mass is 16.1. The van der Waals surface area contributed by atoms with E-state index >= 15 is 0 Å². The van der Waals surface area contributed by atoms with Gasteiger partial charge in [-0.25, -0.2) is 0 Å². The summed E-state index contributed by atoms with van der Waals surface area (Å²) in [6, 6.07) is 0. The predicted molar refractivity (Wildman–Crippen MR) is 25.6 cm³/mol. The van der Waals surface area contributed by atoms with Crippen molar-refractivity contribution in [2.45, 2.75) is 26.7 Å². The van der Waals surface area contributed by atoms with E-state index in [9.17, 15) is 4.79 Å². The maximum absolute atomic E-state index is 10.3. The summed E-state index contributed by atoms with van der Waals surface area (Å²) in [6.07, 6.45) is 1.01. The van der Waals surface area contributed by atoms with Gasteiger partial charge in [0, 0.05) is 14.2 Å². The molecule has 0 aliphatic rings. The third-order valence-electron chi connectivity index (χ3n) is 0.673. The number of hydrogen-bond donors (Lipinski definition) is 0. The normalized spacial score (nSPS) is 10.5. The molecule has 0 radical (unpaired) electrons. The number of Topliss-reactive ketones (excluding diaryl/α,β-unsaturated/α-hetero) is 1. The highest BCUT2D eigenvalue weighted by Gasteiger charge is 1.86. The molecular formula is C5H10O. The minimum atomic E-state index is 0.190. The first-order valence-electron chi connectivity index (χ1n) is 2.83. The third kappa shape index (κ3) is 1.94. The summed E-state index contributed by atoms with van der Waals surface area (Å²) in [4.78, 5) is 10.3. The Morgan fingerprint density at radius 2 is 2.50 bits per heavy atom. The zero-order chi connectivity index (χ0) is 5.70. The standard InChI is InChI=1S/C5H10O/c1-3-5(6)4-2/h3-4H2,1-2H3/i1D. The SMILES string of the molecule is [2H]CCC(=O)CC. The van der Waals surface area contributed by atoms with Crippen molar-refractivity contribution in [3.63, 3.8) is 0 Å². The molecule has 1 heteroatoms. The van der Waals surface area contributed by atoms with E-state index in [1.807, 2.05) is 6.92 Å². The van der Waals surface area contributed by atoms with Gasteiger partial charge in [0.25, 0.3) is 0 Å². The monoisotopic (exact) mass is 87.1 g/mol. The maximum Gasteiger partial charge on any atom is 0.132 e. The molecule has 36 valence electrons. The van der Waals surface area contributed by atoms with Crippen LogP contribution in [0.2, 0.25) is 0 Å². The van der Waals surface area contributed by atoms with Crippen LogP contribution in [0.5, 0.6) is 0 Å². The Morgan fingerprint density at radius 3 is 2.67 bits per heavy atom. The second-order valence-corrected chi connectivity index (χ2v) is 1.14. The Morgan fingerprint density at radius 1 is 1.83 bits per heavy atom. The lowest BCUT2D eigenvalue weighted by Crippen LogP contribution is -1.88. The zero-order valence-corrected chi connectivity index (χ0v) is 4.03. The van der Waals surface area contributed by atoms with Crippen LogP contribution in [-0.2, 0) is 4.79 Å². The van der Waals surface area contributed by atoms with Crippen molar-refractivity contribution in [2.75, 3.05) is 0 Å². The van der Waals surface area contributed by atoms with Gasteiger partial charge in [0.15, 0.2) is 0 Å². The molecule has 0 aromatic carbocycles. The van der Waals surface area contributed by atoms with E-state index in [1.165, 1.54) is 0 Å². The van der Waals surface area contributed by atoms with Gasteiger partial charge in [-0.2, -0.15) is 0 Å². The van der Waals surface area contributed by atoms with Crippen LogP contribution in [0.4, 0.5) is 0 Å². The van der Waals surface area contributed by atoms with Crippen molar-refractivity contribution in [1.29, 1.82) is 0 Å². The minimum absolute atomic E-state index is 0.190. The summed E-state index contributed by atoms with van der Waals surface area (Å²) in [6.45, 7) is 2.06. The van der Waals surface area contributed by atoms with E-state index in [-0.39, 0.29) is 12.7 Å². The molecule has 0 amide bonds.